The van der Waals surface area contributed by atoms with E-state index in [-0.39, 0.29) is 5.91 Å². The minimum atomic E-state index is -0.178. The van der Waals surface area contributed by atoms with Crippen molar-refractivity contribution in [1.29, 1.82) is 0 Å². The van der Waals surface area contributed by atoms with Gasteiger partial charge in [-0.3, -0.25) is 9.78 Å². The first kappa shape index (κ1) is 18.6. The maximum absolute atomic E-state index is 13.0. The number of benzene rings is 2. The Balaban J connectivity index is 1.73. The van der Waals surface area contributed by atoms with Crippen molar-refractivity contribution in [1.82, 2.24) is 15.3 Å². The lowest BCUT2D eigenvalue weighted by Gasteiger charge is -2.11. The summed E-state index contributed by atoms with van der Waals surface area (Å²) in [6.07, 6.45) is 1.71. The molecule has 28 heavy (non-hydrogen) atoms. The van der Waals surface area contributed by atoms with Crippen LogP contribution in [0.1, 0.15) is 15.9 Å². The summed E-state index contributed by atoms with van der Waals surface area (Å²) in [5.74, 6) is -0.178. The van der Waals surface area contributed by atoms with Gasteiger partial charge in [-0.2, -0.15) is 0 Å². The molecule has 0 aliphatic rings. The molecule has 0 radical (unpaired) electrons. The normalized spacial score (nSPS) is 10.8. The van der Waals surface area contributed by atoms with E-state index in [1.165, 1.54) is 0 Å². The fourth-order valence-corrected chi connectivity index (χ4v) is 3.53. The van der Waals surface area contributed by atoms with E-state index in [9.17, 15) is 4.79 Å². The molecule has 2 aromatic carbocycles. The van der Waals surface area contributed by atoms with Gasteiger partial charge < -0.3 is 5.32 Å². The lowest BCUT2D eigenvalue weighted by Crippen LogP contribution is -2.23. The number of hydrogen-bond acceptors (Lipinski definition) is 3. The molecule has 0 aliphatic heterocycles. The number of pyridine rings is 2. The fourth-order valence-electron chi connectivity index (χ4n) is 2.96. The molecule has 0 saturated heterocycles. The van der Waals surface area contributed by atoms with Crippen molar-refractivity contribution in [2.45, 2.75) is 6.54 Å². The standard InChI is InChI=1S/C22H15BrClN3O/c23-15-7-8-19-17(11-15)18(12-21(27-19)20-6-1-2-9-25-20)22(28)26-13-14-4-3-5-16(24)10-14/h1-12H,13H2,(H,26,28). The number of nitrogens with one attached hydrogen (secondary N) is 1. The second kappa shape index (κ2) is 8.09. The Labute approximate surface area is 175 Å². The molecule has 0 atom stereocenters. The third kappa shape index (κ3) is 4.06. The molecule has 0 saturated carbocycles. The van der Waals surface area contributed by atoms with Gasteiger partial charge in [-0.05, 0) is 54.1 Å². The maximum Gasteiger partial charge on any atom is 0.252 e. The van der Waals surface area contributed by atoms with Gasteiger partial charge in [0.2, 0.25) is 0 Å². The largest absolute Gasteiger partial charge is 0.348 e. The molecule has 4 nitrogen and oxygen atoms in total. The van der Waals surface area contributed by atoms with Gasteiger partial charge >= 0.3 is 0 Å². The summed E-state index contributed by atoms with van der Waals surface area (Å²) in [4.78, 5) is 22.0. The zero-order chi connectivity index (χ0) is 19.5. The molecule has 2 aromatic heterocycles. The van der Waals surface area contributed by atoms with Gasteiger partial charge in [0, 0.05) is 27.6 Å². The van der Waals surface area contributed by atoms with Gasteiger partial charge in [-0.15, -0.1) is 0 Å². The first-order chi connectivity index (χ1) is 13.6. The Morgan fingerprint density at radius 1 is 1.00 bits per heavy atom. The second-order valence-electron chi connectivity index (χ2n) is 6.24. The van der Waals surface area contributed by atoms with Gasteiger partial charge in [-0.25, -0.2) is 4.98 Å². The van der Waals surface area contributed by atoms with E-state index in [2.05, 4.69) is 31.2 Å². The van der Waals surface area contributed by atoms with Crippen molar-refractivity contribution < 1.29 is 4.79 Å². The SMILES string of the molecule is O=C(NCc1cccc(Cl)c1)c1cc(-c2ccccn2)nc2ccc(Br)cc12. The molecule has 4 rings (SSSR count). The van der Waals surface area contributed by atoms with Crippen molar-refractivity contribution in [2.24, 2.45) is 0 Å². The van der Waals surface area contributed by atoms with Crippen LogP contribution in [0.25, 0.3) is 22.3 Å². The highest BCUT2D eigenvalue weighted by atomic mass is 79.9. The van der Waals surface area contributed by atoms with Crippen LogP contribution in [-0.4, -0.2) is 15.9 Å². The van der Waals surface area contributed by atoms with Crippen LogP contribution < -0.4 is 5.32 Å². The van der Waals surface area contributed by atoms with Crippen LogP contribution in [0, 0.1) is 0 Å². The van der Waals surface area contributed by atoms with Crippen LogP contribution in [0.15, 0.2) is 77.4 Å². The monoisotopic (exact) mass is 451 g/mol. The van der Waals surface area contributed by atoms with E-state index >= 15 is 0 Å². The van der Waals surface area contributed by atoms with Crippen LogP contribution in [0.2, 0.25) is 5.02 Å². The van der Waals surface area contributed by atoms with E-state index in [4.69, 9.17) is 11.6 Å². The number of rotatable bonds is 4. The highest BCUT2D eigenvalue weighted by molar-refractivity contribution is 9.10. The number of aromatic nitrogens is 2. The fraction of sp³-hybridized carbons (Fsp3) is 0.0455. The van der Waals surface area contributed by atoms with Gasteiger partial charge in [0.25, 0.3) is 5.91 Å². The minimum absolute atomic E-state index is 0.178. The summed E-state index contributed by atoms with van der Waals surface area (Å²) in [7, 11) is 0. The van der Waals surface area contributed by atoms with E-state index in [1.54, 1.807) is 18.3 Å². The molecule has 0 bridgehead atoms. The average Bonchev–Trinajstić information content (AvgIpc) is 2.72. The van der Waals surface area contributed by atoms with E-state index in [1.807, 2.05) is 54.6 Å². The summed E-state index contributed by atoms with van der Waals surface area (Å²) >= 11 is 9.50. The first-order valence-electron chi connectivity index (χ1n) is 8.64. The summed E-state index contributed by atoms with van der Waals surface area (Å²) in [5.41, 5.74) is 3.60. The average molecular weight is 453 g/mol. The van der Waals surface area contributed by atoms with Crippen LogP contribution >= 0.6 is 27.5 Å². The molecule has 1 N–H and O–H groups in total. The third-order valence-corrected chi connectivity index (χ3v) is 5.01. The first-order valence-corrected chi connectivity index (χ1v) is 9.81. The molecule has 0 spiro atoms. The van der Waals surface area contributed by atoms with Crippen LogP contribution in [0.5, 0.6) is 0 Å². The summed E-state index contributed by atoms with van der Waals surface area (Å²) in [5, 5.41) is 4.39. The second-order valence-corrected chi connectivity index (χ2v) is 7.60. The number of carbonyl (C=O) groups excluding carboxylic acids is 1. The van der Waals surface area contributed by atoms with Crippen molar-refractivity contribution in [2.75, 3.05) is 0 Å². The Morgan fingerprint density at radius 3 is 2.68 bits per heavy atom. The van der Waals surface area contributed by atoms with E-state index < -0.39 is 0 Å². The maximum atomic E-state index is 13.0. The summed E-state index contributed by atoms with van der Waals surface area (Å²) in [6.45, 7) is 0.385. The Bertz CT molecular complexity index is 1170. The smallest absolute Gasteiger partial charge is 0.252 e. The molecule has 138 valence electrons. The van der Waals surface area contributed by atoms with Crippen molar-refractivity contribution in [3.8, 4) is 11.4 Å². The number of carbonyl (C=O) groups is 1. The van der Waals surface area contributed by atoms with Crippen molar-refractivity contribution >= 4 is 44.3 Å². The van der Waals surface area contributed by atoms with Gasteiger partial charge in [0.1, 0.15) is 0 Å². The lowest BCUT2D eigenvalue weighted by atomic mass is 10.1. The van der Waals surface area contributed by atoms with Gasteiger partial charge in [0.15, 0.2) is 0 Å². The zero-order valence-corrected chi connectivity index (χ0v) is 17.0. The predicted molar refractivity (Wildman–Crippen MR) is 115 cm³/mol. The Kier molecular flexibility index (Phi) is 5.37. The molecule has 1 amide bonds. The highest BCUT2D eigenvalue weighted by Gasteiger charge is 2.15. The Morgan fingerprint density at radius 2 is 1.89 bits per heavy atom. The zero-order valence-electron chi connectivity index (χ0n) is 14.7. The highest BCUT2D eigenvalue weighted by Crippen LogP contribution is 2.26. The quantitative estimate of drug-likeness (QED) is 0.436. The van der Waals surface area contributed by atoms with Crippen molar-refractivity contribution in [3.05, 3.63) is 93.5 Å². The molecule has 0 aliphatic carbocycles. The van der Waals surface area contributed by atoms with E-state index in [0.717, 1.165) is 26.6 Å². The molecular weight excluding hydrogens is 438 g/mol. The molecule has 4 aromatic rings. The van der Waals surface area contributed by atoms with Gasteiger partial charge in [0.05, 0.1) is 22.5 Å². The van der Waals surface area contributed by atoms with Crippen molar-refractivity contribution in [3.63, 3.8) is 0 Å². The third-order valence-electron chi connectivity index (χ3n) is 4.28. The van der Waals surface area contributed by atoms with Crippen LogP contribution in [0.3, 0.4) is 0 Å². The summed E-state index contributed by atoms with van der Waals surface area (Å²) < 4.78 is 0.885. The number of nitrogens with zero attached hydrogens (tertiary/aromatic N) is 2. The number of halogens is 2. The topological polar surface area (TPSA) is 54.9 Å². The molecule has 0 unspecified atom stereocenters. The van der Waals surface area contributed by atoms with Gasteiger partial charge in [-0.1, -0.05) is 45.7 Å². The minimum Gasteiger partial charge on any atom is -0.348 e. The number of fused-ring (bicyclic) bond motifs is 1. The molecule has 2 heterocycles. The molecule has 0 fully saturated rings. The lowest BCUT2D eigenvalue weighted by molar-refractivity contribution is 0.0952. The van der Waals surface area contributed by atoms with Crippen LogP contribution in [0.4, 0.5) is 0 Å². The predicted octanol–water partition coefficient (Wildman–Crippen LogP) is 5.64. The number of amides is 1. The van der Waals surface area contributed by atoms with E-state index in [0.29, 0.717) is 22.8 Å². The summed E-state index contributed by atoms with van der Waals surface area (Å²) in [6, 6.07) is 20.5. The Hall–Kier alpha value is -2.76. The number of hydrogen-bond donors (Lipinski definition) is 1. The molecular formula is C22H15BrClN3O. The van der Waals surface area contributed by atoms with Crippen LogP contribution in [-0.2, 0) is 6.54 Å². The molecule has 6 heteroatoms.